The third-order valence-electron chi connectivity index (χ3n) is 2.61. The number of anilines is 1. The van der Waals surface area contributed by atoms with Crippen LogP contribution < -0.4 is 5.32 Å². The molecule has 0 atom stereocenters. The summed E-state index contributed by atoms with van der Waals surface area (Å²) in [5.41, 5.74) is 4.09. The van der Waals surface area contributed by atoms with E-state index in [1.165, 1.54) is 16.8 Å². The molecule has 2 nitrogen and oxygen atoms in total. The van der Waals surface area contributed by atoms with Crippen LogP contribution in [0.15, 0.2) is 18.2 Å². The lowest BCUT2D eigenvalue weighted by Gasteiger charge is -2.14. The van der Waals surface area contributed by atoms with E-state index in [1.54, 1.807) is 7.11 Å². The number of aryl methyl sites for hydroxylation is 2. The molecular weight excluding hydrogens is 186 g/mol. The summed E-state index contributed by atoms with van der Waals surface area (Å²) in [5.74, 6) is 0. The van der Waals surface area contributed by atoms with Crippen molar-refractivity contribution in [1.82, 2.24) is 0 Å². The lowest BCUT2D eigenvalue weighted by atomic mass is 10.0. The summed E-state index contributed by atoms with van der Waals surface area (Å²) in [6.07, 6.45) is 2.15. The fourth-order valence-electron chi connectivity index (χ4n) is 1.75. The summed E-state index contributed by atoms with van der Waals surface area (Å²) >= 11 is 0. The summed E-state index contributed by atoms with van der Waals surface area (Å²) < 4.78 is 5.05. The second kappa shape index (κ2) is 6.46. The minimum atomic E-state index is 0.751. The Balaban J connectivity index is 2.80. The fraction of sp³-hybridized carbons (Fsp3) is 0.538. The molecule has 0 radical (unpaired) electrons. The van der Waals surface area contributed by atoms with Crippen molar-refractivity contribution in [3.8, 4) is 0 Å². The Morgan fingerprint density at radius 2 is 1.73 bits per heavy atom. The van der Waals surface area contributed by atoms with E-state index in [0.29, 0.717) is 0 Å². The summed E-state index contributed by atoms with van der Waals surface area (Å²) in [5, 5.41) is 3.46. The number of hydrogen-bond donors (Lipinski definition) is 1. The van der Waals surface area contributed by atoms with Gasteiger partial charge in [-0.15, -0.1) is 0 Å². The molecule has 15 heavy (non-hydrogen) atoms. The van der Waals surface area contributed by atoms with Crippen LogP contribution in [0.2, 0.25) is 0 Å². The number of para-hydroxylation sites is 1. The van der Waals surface area contributed by atoms with Gasteiger partial charge in [0, 0.05) is 19.3 Å². The highest BCUT2D eigenvalue weighted by Gasteiger charge is 2.04. The van der Waals surface area contributed by atoms with E-state index in [9.17, 15) is 0 Å². The highest BCUT2D eigenvalue weighted by atomic mass is 16.5. The molecule has 0 aliphatic heterocycles. The van der Waals surface area contributed by atoms with Crippen molar-refractivity contribution in [2.75, 3.05) is 25.6 Å². The first-order valence-corrected chi connectivity index (χ1v) is 5.67. The molecule has 0 bridgehead atoms. The average molecular weight is 207 g/mol. The molecule has 0 spiro atoms. The summed E-state index contributed by atoms with van der Waals surface area (Å²) in [6, 6.07) is 6.52. The van der Waals surface area contributed by atoms with Crippen LogP contribution in [-0.2, 0) is 17.6 Å². The van der Waals surface area contributed by atoms with E-state index in [1.807, 2.05) is 0 Å². The van der Waals surface area contributed by atoms with Gasteiger partial charge in [0.25, 0.3) is 0 Å². The molecule has 0 saturated heterocycles. The number of benzene rings is 1. The van der Waals surface area contributed by atoms with Crippen LogP contribution in [0.1, 0.15) is 25.0 Å². The minimum Gasteiger partial charge on any atom is -0.383 e. The molecule has 0 amide bonds. The number of nitrogens with one attached hydrogen (secondary N) is 1. The molecular formula is C13H21NO. The Morgan fingerprint density at radius 1 is 1.13 bits per heavy atom. The summed E-state index contributed by atoms with van der Waals surface area (Å²) in [6.45, 7) is 6.01. The van der Waals surface area contributed by atoms with Crippen molar-refractivity contribution in [3.05, 3.63) is 29.3 Å². The molecule has 0 aliphatic rings. The van der Waals surface area contributed by atoms with Gasteiger partial charge in [-0.3, -0.25) is 0 Å². The van der Waals surface area contributed by atoms with Crippen LogP contribution in [0.4, 0.5) is 5.69 Å². The number of rotatable bonds is 6. The highest BCUT2D eigenvalue weighted by Crippen LogP contribution is 2.22. The molecule has 0 heterocycles. The van der Waals surface area contributed by atoms with Gasteiger partial charge in [0.1, 0.15) is 0 Å². The van der Waals surface area contributed by atoms with Gasteiger partial charge in [-0.05, 0) is 24.0 Å². The van der Waals surface area contributed by atoms with E-state index < -0.39 is 0 Å². The molecule has 1 aromatic carbocycles. The van der Waals surface area contributed by atoms with Crippen LogP contribution in [0, 0.1) is 0 Å². The normalized spacial score (nSPS) is 10.3. The van der Waals surface area contributed by atoms with Crippen molar-refractivity contribution < 1.29 is 4.74 Å². The Kier molecular flexibility index (Phi) is 5.19. The van der Waals surface area contributed by atoms with Gasteiger partial charge in [0.15, 0.2) is 0 Å². The predicted octanol–water partition coefficient (Wildman–Crippen LogP) is 2.87. The van der Waals surface area contributed by atoms with Gasteiger partial charge in [0.05, 0.1) is 6.61 Å². The van der Waals surface area contributed by atoms with E-state index >= 15 is 0 Å². The zero-order valence-electron chi connectivity index (χ0n) is 9.97. The summed E-state index contributed by atoms with van der Waals surface area (Å²) in [4.78, 5) is 0. The molecule has 0 saturated carbocycles. The Bertz CT molecular complexity index is 274. The van der Waals surface area contributed by atoms with E-state index in [-0.39, 0.29) is 0 Å². The van der Waals surface area contributed by atoms with Gasteiger partial charge < -0.3 is 10.1 Å². The number of ether oxygens (including phenoxy) is 1. The van der Waals surface area contributed by atoms with E-state index in [2.05, 4.69) is 37.4 Å². The number of hydrogen-bond acceptors (Lipinski definition) is 2. The van der Waals surface area contributed by atoms with Crippen molar-refractivity contribution in [2.45, 2.75) is 26.7 Å². The van der Waals surface area contributed by atoms with Crippen molar-refractivity contribution in [2.24, 2.45) is 0 Å². The van der Waals surface area contributed by atoms with Crippen LogP contribution in [-0.4, -0.2) is 20.3 Å². The van der Waals surface area contributed by atoms with Crippen LogP contribution >= 0.6 is 0 Å². The minimum absolute atomic E-state index is 0.751. The van der Waals surface area contributed by atoms with E-state index in [4.69, 9.17) is 4.74 Å². The molecule has 84 valence electrons. The van der Waals surface area contributed by atoms with Gasteiger partial charge in [-0.1, -0.05) is 32.0 Å². The van der Waals surface area contributed by atoms with Crippen LogP contribution in [0.3, 0.4) is 0 Å². The van der Waals surface area contributed by atoms with Gasteiger partial charge in [0.2, 0.25) is 0 Å². The van der Waals surface area contributed by atoms with Gasteiger partial charge in [-0.2, -0.15) is 0 Å². The standard InChI is InChI=1S/C13H21NO/c1-4-11-7-6-8-12(5-2)13(11)14-9-10-15-3/h6-8,14H,4-5,9-10H2,1-3H3. The maximum absolute atomic E-state index is 5.05. The Hall–Kier alpha value is -1.02. The lowest BCUT2D eigenvalue weighted by Crippen LogP contribution is -2.11. The lowest BCUT2D eigenvalue weighted by molar-refractivity contribution is 0.210. The fourth-order valence-corrected chi connectivity index (χ4v) is 1.75. The predicted molar refractivity (Wildman–Crippen MR) is 65.6 cm³/mol. The molecule has 2 heteroatoms. The zero-order valence-corrected chi connectivity index (χ0v) is 9.97. The second-order valence-electron chi connectivity index (χ2n) is 3.58. The third-order valence-corrected chi connectivity index (χ3v) is 2.61. The second-order valence-corrected chi connectivity index (χ2v) is 3.58. The maximum Gasteiger partial charge on any atom is 0.0635 e. The Morgan fingerprint density at radius 3 is 2.20 bits per heavy atom. The smallest absolute Gasteiger partial charge is 0.0635 e. The largest absolute Gasteiger partial charge is 0.383 e. The van der Waals surface area contributed by atoms with Gasteiger partial charge in [-0.25, -0.2) is 0 Å². The first-order valence-electron chi connectivity index (χ1n) is 5.67. The monoisotopic (exact) mass is 207 g/mol. The third kappa shape index (κ3) is 3.24. The first kappa shape index (κ1) is 12.1. The topological polar surface area (TPSA) is 21.3 Å². The molecule has 1 aromatic rings. The highest BCUT2D eigenvalue weighted by molar-refractivity contribution is 5.57. The maximum atomic E-state index is 5.05. The SMILES string of the molecule is CCc1cccc(CC)c1NCCOC. The first-order chi connectivity index (χ1) is 7.33. The molecule has 0 unspecified atom stereocenters. The molecule has 1 rings (SSSR count). The van der Waals surface area contributed by atoms with Crippen LogP contribution in [0.25, 0.3) is 0 Å². The quantitative estimate of drug-likeness (QED) is 0.724. The van der Waals surface area contributed by atoms with Crippen molar-refractivity contribution in [3.63, 3.8) is 0 Å². The van der Waals surface area contributed by atoms with Crippen LogP contribution in [0.5, 0.6) is 0 Å². The molecule has 1 N–H and O–H groups in total. The van der Waals surface area contributed by atoms with Crippen molar-refractivity contribution in [1.29, 1.82) is 0 Å². The number of methoxy groups -OCH3 is 1. The molecule has 0 fully saturated rings. The zero-order chi connectivity index (χ0) is 11.1. The molecule has 0 aliphatic carbocycles. The average Bonchev–Trinajstić information content (AvgIpc) is 2.29. The van der Waals surface area contributed by atoms with Gasteiger partial charge >= 0.3 is 0 Å². The van der Waals surface area contributed by atoms with Crippen molar-refractivity contribution >= 4 is 5.69 Å². The van der Waals surface area contributed by atoms with E-state index in [0.717, 1.165) is 26.0 Å². The molecule has 0 aromatic heterocycles. The summed E-state index contributed by atoms with van der Waals surface area (Å²) in [7, 11) is 1.73. The Labute approximate surface area is 92.6 Å².